The van der Waals surface area contributed by atoms with E-state index in [1.54, 1.807) is 0 Å². The Morgan fingerprint density at radius 1 is 1.19 bits per heavy atom. The van der Waals surface area contributed by atoms with Crippen LogP contribution in [0.15, 0.2) is 24.3 Å². The summed E-state index contributed by atoms with van der Waals surface area (Å²) >= 11 is 0. The van der Waals surface area contributed by atoms with Gasteiger partial charge >= 0.3 is 0 Å². The lowest BCUT2D eigenvalue weighted by atomic mass is 9.61. The Balaban J connectivity index is 1.38. The number of aromatic amines is 1. The Labute approximate surface area is 151 Å². The molecule has 2 heterocycles. The highest BCUT2D eigenvalue weighted by atomic mass is 16.5. The minimum absolute atomic E-state index is 0.0521. The molecular formula is C19H23N5O2. The van der Waals surface area contributed by atoms with Crippen molar-refractivity contribution < 1.29 is 9.53 Å². The van der Waals surface area contributed by atoms with E-state index in [4.69, 9.17) is 4.74 Å². The highest BCUT2D eigenvalue weighted by Crippen LogP contribution is 2.51. The van der Waals surface area contributed by atoms with Gasteiger partial charge in [0.05, 0.1) is 11.7 Å². The lowest BCUT2D eigenvalue weighted by Crippen LogP contribution is -2.63. The molecule has 3 fully saturated rings. The summed E-state index contributed by atoms with van der Waals surface area (Å²) in [6.45, 7) is 0.824. The van der Waals surface area contributed by atoms with Gasteiger partial charge in [-0.05, 0) is 23.6 Å². The van der Waals surface area contributed by atoms with Crippen molar-refractivity contribution in [1.82, 2.24) is 25.9 Å². The van der Waals surface area contributed by atoms with Crippen LogP contribution in [0.5, 0.6) is 0 Å². The predicted octanol–water partition coefficient (Wildman–Crippen LogP) is 2.19. The molecule has 7 nitrogen and oxygen atoms in total. The van der Waals surface area contributed by atoms with Crippen LogP contribution in [-0.4, -0.2) is 45.3 Å². The monoisotopic (exact) mass is 353 g/mol. The highest BCUT2D eigenvalue weighted by Gasteiger charge is 2.57. The van der Waals surface area contributed by atoms with Crippen molar-refractivity contribution in [2.45, 2.75) is 44.2 Å². The number of nitrogens with one attached hydrogen (secondary N) is 2. The number of aromatic nitrogens is 4. The fourth-order valence-corrected chi connectivity index (χ4v) is 5.24. The van der Waals surface area contributed by atoms with Crippen molar-refractivity contribution in [3.63, 3.8) is 0 Å². The molecule has 1 aliphatic heterocycles. The van der Waals surface area contributed by atoms with E-state index in [-0.39, 0.29) is 11.9 Å². The minimum atomic E-state index is -0.0521. The van der Waals surface area contributed by atoms with Crippen LogP contribution >= 0.6 is 0 Å². The largest absolute Gasteiger partial charge is 0.377 e. The quantitative estimate of drug-likeness (QED) is 0.879. The predicted molar refractivity (Wildman–Crippen MR) is 94.2 cm³/mol. The van der Waals surface area contributed by atoms with Gasteiger partial charge in [-0.15, -0.1) is 10.2 Å². The van der Waals surface area contributed by atoms with Crippen LogP contribution in [0.25, 0.3) is 11.4 Å². The van der Waals surface area contributed by atoms with Gasteiger partial charge in [-0.2, -0.15) is 5.21 Å². The molecule has 2 aromatic rings. The van der Waals surface area contributed by atoms with Gasteiger partial charge in [-0.3, -0.25) is 4.79 Å². The number of ether oxygens (including phenoxy) is 1. The highest BCUT2D eigenvalue weighted by molar-refractivity contribution is 6.00. The molecule has 0 unspecified atom stereocenters. The maximum Gasteiger partial charge on any atom is 0.252 e. The second-order valence-electron chi connectivity index (χ2n) is 7.69. The molecule has 1 amide bonds. The van der Waals surface area contributed by atoms with Crippen molar-refractivity contribution in [2.75, 3.05) is 6.61 Å². The number of carbonyl (C=O) groups excluding carboxylic acids is 1. The van der Waals surface area contributed by atoms with Gasteiger partial charge in [-0.1, -0.05) is 43.9 Å². The van der Waals surface area contributed by atoms with Gasteiger partial charge in [0.15, 0.2) is 0 Å². The first-order valence-electron chi connectivity index (χ1n) is 9.58. The Kier molecular flexibility index (Phi) is 3.96. The minimum Gasteiger partial charge on any atom is -0.377 e. The second kappa shape index (κ2) is 6.46. The van der Waals surface area contributed by atoms with Gasteiger partial charge in [-0.25, -0.2) is 0 Å². The van der Waals surface area contributed by atoms with Gasteiger partial charge in [0.2, 0.25) is 5.82 Å². The van der Waals surface area contributed by atoms with E-state index in [0.29, 0.717) is 40.8 Å². The van der Waals surface area contributed by atoms with Gasteiger partial charge in [0.25, 0.3) is 5.91 Å². The van der Waals surface area contributed by atoms with E-state index in [1.807, 2.05) is 24.3 Å². The number of hydrogen-bond donors (Lipinski definition) is 2. The normalized spacial score (nSPS) is 30.8. The summed E-state index contributed by atoms with van der Waals surface area (Å²) in [6.07, 6.45) is 6.54. The van der Waals surface area contributed by atoms with E-state index < -0.39 is 0 Å². The Morgan fingerprint density at radius 2 is 2.04 bits per heavy atom. The Hall–Kier alpha value is -2.28. The number of fused-ring (bicyclic) bond motifs is 1. The van der Waals surface area contributed by atoms with Crippen LogP contribution < -0.4 is 5.32 Å². The second-order valence-corrected chi connectivity index (χ2v) is 7.69. The number of benzene rings is 1. The maximum atomic E-state index is 13.1. The third kappa shape index (κ3) is 2.53. The molecule has 2 aliphatic carbocycles. The van der Waals surface area contributed by atoms with Gasteiger partial charge in [0, 0.05) is 30.0 Å². The first-order chi connectivity index (χ1) is 12.8. The zero-order valence-corrected chi connectivity index (χ0v) is 14.6. The Morgan fingerprint density at radius 3 is 2.85 bits per heavy atom. The van der Waals surface area contributed by atoms with E-state index in [1.165, 1.54) is 25.7 Å². The third-order valence-electron chi connectivity index (χ3n) is 6.44. The summed E-state index contributed by atoms with van der Waals surface area (Å²) in [5.74, 6) is 2.00. The summed E-state index contributed by atoms with van der Waals surface area (Å²) in [5, 5.41) is 17.4. The molecule has 4 atom stereocenters. The molecule has 1 aromatic carbocycles. The van der Waals surface area contributed by atoms with Gasteiger partial charge < -0.3 is 10.1 Å². The number of hydrogen-bond acceptors (Lipinski definition) is 5. The summed E-state index contributed by atoms with van der Waals surface area (Å²) in [4.78, 5) is 13.1. The van der Waals surface area contributed by atoms with E-state index >= 15 is 0 Å². The fourth-order valence-electron chi connectivity index (χ4n) is 5.24. The average molecular weight is 353 g/mol. The number of H-pyrrole nitrogens is 1. The summed E-state index contributed by atoms with van der Waals surface area (Å²) in [7, 11) is 0. The summed E-state index contributed by atoms with van der Waals surface area (Å²) in [6, 6.07) is 7.66. The van der Waals surface area contributed by atoms with Crippen LogP contribution in [-0.2, 0) is 4.74 Å². The number of rotatable bonds is 4. The van der Waals surface area contributed by atoms with E-state index in [0.717, 1.165) is 13.0 Å². The molecule has 26 heavy (non-hydrogen) atoms. The first-order valence-corrected chi connectivity index (χ1v) is 9.58. The molecule has 7 heteroatoms. The van der Waals surface area contributed by atoms with Crippen molar-refractivity contribution in [1.29, 1.82) is 0 Å². The zero-order valence-electron chi connectivity index (χ0n) is 14.6. The summed E-state index contributed by atoms with van der Waals surface area (Å²) in [5.41, 5.74) is 1.30. The molecule has 2 N–H and O–H groups in total. The number of carbonyl (C=O) groups is 1. The SMILES string of the molecule is O=C(N[C@H]1[C@H]2CCO[C@H]2[C@H]1C1CCCC1)c1ccccc1-c1nn[nH]n1. The maximum absolute atomic E-state index is 13.1. The Bertz CT molecular complexity index is 782. The van der Waals surface area contributed by atoms with Gasteiger partial charge in [0.1, 0.15) is 0 Å². The number of amides is 1. The van der Waals surface area contributed by atoms with Crippen LogP contribution in [0.1, 0.15) is 42.5 Å². The first kappa shape index (κ1) is 15.9. The fraction of sp³-hybridized carbons (Fsp3) is 0.579. The van der Waals surface area contributed by atoms with Crippen molar-refractivity contribution in [3.8, 4) is 11.4 Å². The standard InChI is InChI=1S/C19H23N5O2/c25-19(13-8-4-3-7-12(13)18-21-23-24-22-18)20-16-14-9-10-26-17(14)15(16)11-5-1-2-6-11/h3-4,7-8,11,14-17H,1-2,5-6,9-10H2,(H,20,25)(H,21,22,23,24)/t14-,15+,16+,17-/m1/s1. The molecule has 0 bridgehead atoms. The molecule has 136 valence electrons. The van der Waals surface area contributed by atoms with Crippen LogP contribution in [0.3, 0.4) is 0 Å². The number of tetrazole rings is 1. The van der Waals surface area contributed by atoms with E-state index in [2.05, 4.69) is 25.9 Å². The molecule has 1 saturated heterocycles. The lowest BCUT2D eigenvalue weighted by Gasteiger charge is -2.50. The molecule has 0 spiro atoms. The molecule has 0 radical (unpaired) electrons. The third-order valence-corrected chi connectivity index (χ3v) is 6.44. The zero-order chi connectivity index (χ0) is 17.5. The molecule has 3 aliphatic rings. The van der Waals surface area contributed by atoms with Crippen LogP contribution in [0, 0.1) is 17.8 Å². The summed E-state index contributed by atoms with van der Waals surface area (Å²) < 4.78 is 5.99. The lowest BCUT2D eigenvalue weighted by molar-refractivity contribution is -0.0784. The number of nitrogens with zero attached hydrogens (tertiary/aromatic N) is 3. The van der Waals surface area contributed by atoms with Crippen molar-refractivity contribution >= 4 is 5.91 Å². The molecule has 1 aromatic heterocycles. The topological polar surface area (TPSA) is 92.8 Å². The molecule has 2 saturated carbocycles. The van der Waals surface area contributed by atoms with Crippen LogP contribution in [0.2, 0.25) is 0 Å². The van der Waals surface area contributed by atoms with E-state index in [9.17, 15) is 4.79 Å². The van der Waals surface area contributed by atoms with Crippen molar-refractivity contribution in [3.05, 3.63) is 29.8 Å². The average Bonchev–Trinajstić information content (AvgIpc) is 3.42. The van der Waals surface area contributed by atoms with Crippen LogP contribution in [0.4, 0.5) is 0 Å². The van der Waals surface area contributed by atoms with Crippen molar-refractivity contribution in [2.24, 2.45) is 17.8 Å². The molecular weight excluding hydrogens is 330 g/mol. The molecule has 5 rings (SSSR count). The smallest absolute Gasteiger partial charge is 0.252 e.